The Balaban J connectivity index is 2.19. The molecule has 1 aromatic heterocycles. The van der Waals surface area contributed by atoms with Gasteiger partial charge in [0.25, 0.3) is 0 Å². The molecule has 1 aromatic carbocycles. The number of amides is 1. The van der Waals surface area contributed by atoms with Gasteiger partial charge in [-0.05, 0) is 35.2 Å². The lowest BCUT2D eigenvalue weighted by Crippen LogP contribution is -2.22. The Bertz CT molecular complexity index is 516. The van der Waals surface area contributed by atoms with Gasteiger partial charge in [0.05, 0.1) is 0 Å². The maximum Gasteiger partial charge on any atom is 0.216 e. The Labute approximate surface area is 99.3 Å². The molecule has 0 aliphatic rings. The van der Waals surface area contributed by atoms with E-state index < -0.39 is 0 Å². The van der Waals surface area contributed by atoms with Gasteiger partial charge in [0.1, 0.15) is 0 Å². The van der Waals surface area contributed by atoms with E-state index in [0.717, 1.165) is 13.0 Å². The van der Waals surface area contributed by atoms with Crippen LogP contribution in [0.2, 0.25) is 0 Å². The zero-order valence-electron chi connectivity index (χ0n) is 9.54. The van der Waals surface area contributed by atoms with Crippen molar-refractivity contribution in [2.45, 2.75) is 20.3 Å². The van der Waals surface area contributed by atoms with E-state index in [1.807, 2.05) is 0 Å². The van der Waals surface area contributed by atoms with Crippen LogP contribution >= 0.6 is 11.3 Å². The molecule has 1 heterocycles. The first kappa shape index (κ1) is 11.1. The maximum atomic E-state index is 10.8. The van der Waals surface area contributed by atoms with Crippen LogP contribution in [0.1, 0.15) is 18.1 Å². The zero-order valence-corrected chi connectivity index (χ0v) is 10.4. The topological polar surface area (TPSA) is 29.1 Å². The third kappa shape index (κ3) is 2.25. The van der Waals surface area contributed by atoms with Crippen LogP contribution < -0.4 is 5.32 Å². The van der Waals surface area contributed by atoms with Gasteiger partial charge in [-0.2, -0.15) is 0 Å². The second-order valence-electron chi connectivity index (χ2n) is 3.95. The zero-order chi connectivity index (χ0) is 11.5. The quantitative estimate of drug-likeness (QED) is 0.867. The van der Waals surface area contributed by atoms with Crippen molar-refractivity contribution in [2.24, 2.45) is 0 Å². The van der Waals surface area contributed by atoms with Crippen molar-refractivity contribution in [1.82, 2.24) is 5.32 Å². The minimum atomic E-state index is 0.0377. The third-order valence-electron chi connectivity index (χ3n) is 2.65. The Morgan fingerprint density at radius 1 is 1.44 bits per heavy atom. The van der Waals surface area contributed by atoms with Crippen molar-refractivity contribution in [3.63, 3.8) is 0 Å². The lowest BCUT2D eigenvalue weighted by Gasteiger charge is -2.01. The van der Waals surface area contributed by atoms with Gasteiger partial charge in [-0.25, -0.2) is 0 Å². The number of benzene rings is 1. The maximum absolute atomic E-state index is 10.8. The van der Waals surface area contributed by atoms with E-state index in [4.69, 9.17) is 0 Å². The summed E-state index contributed by atoms with van der Waals surface area (Å²) in [7, 11) is 0. The summed E-state index contributed by atoms with van der Waals surface area (Å²) >= 11 is 1.79. The highest BCUT2D eigenvalue weighted by Gasteiger charge is 2.05. The fourth-order valence-corrected chi connectivity index (χ4v) is 2.91. The molecule has 0 aliphatic carbocycles. The number of carbonyl (C=O) groups is 1. The van der Waals surface area contributed by atoms with Crippen molar-refractivity contribution in [3.05, 3.63) is 34.7 Å². The average Bonchev–Trinajstić information content (AvgIpc) is 2.63. The molecule has 1 amide bonds. The lowest BCUT2D eigenvalue weighted by atomic mass is 10.1. The fraction of sp³-hybridized carbons (Fsp3) is 0.308. The predicted molar refractivity (Wildman–Crippen MR) is 68.9 cm³/mol. The lowest BCUT2D eigenvalue weighted by molar-refractivity contribution is -0.118. The Morgan fingerprint density at radius 2 is 2.25 bits per heavy atom. The van der Waals surface area contributed by atoms with Crippen LogP contribution in [0.3, 0.4) is 0 Å². The van der Waals surface area contributed by atoms with Crippen LogP contribution in [0.4, 0.5) is 0 Å². The van der Waals surface area contributed by atoms with Gasteiger partial charge < -0.3 is 5.32 Å². The van der Waals surface area contributed by atoms with Crippen LogP contribution in [0.25, 0.3) is 10.1 Å². The van der Waals surface area contributed by atoms with Gasteiger partial charge in [-0.1, -0.05) is 18.2 Å². The Hall–Kier alpha value is -1.35. The first-order valence-corrected chi connectivity index (χ1v) is 6.26. The summed E-state index contributed by atoms with van der Waals surface area (Å²) < 4.78 is 1.36. The molecule has 0 aliphatic heterocycles. The molecular weight excluding hydrogens is 218 g/mol. The van der Waals surface area contributed by atoms with Gasteiger partial charge in [0, 0.05) is 18.2 Å². The molecule has 16 heavy (non-hydrogen) atoms. The Morgan fingerprint density at radius 3 is 3.00 bits per heavy atom. The van der Waals surface area contributed by atoms with E-state index in [1.54, 1.807) is 18.3 Å². The van der Waals surface area contributed by atoms with Crippen LogP contribution in [0.15, 0.2) is 23.6 Å². The summed E-state index contributed by atoms with van der Waals surface area (Å²) in [5.41, 5.74) is 2.66. The number of aryl methyl sites for hydroxylation is 1. The molecular formula is C13H15NOS. The summed E-state index contributed by atoms with van der Waals surface area (Å²) in [4.78, 5) is 10.8. The fourth-order valence-electron chi connectivity index (χ4n) is 1.82. The minimum absolute atomic E-state index is 0.0377. The molecule has 0 unspecified atom stereocenters. The van der Waals surface area contributed by atoms with E-state index in [0.29, 0.717) is 0 Å². The average molecular weight is 233 g/mol. The summed E-state index contributed by atoms with van der Waals surface area (Å²) in [6.45, 7) is 4.40. The number of hydrogen-bond acceptors (Lipinski definition) is 2. The van der Waals surface area contributed by atoms with Crippen molar-refractivity contribution < 1.29 is 4.79 Å². The van der Waals surface area contributed by atoms with Crippen molar-refractivity contribution in [1.29, 1.82) is 0 Å². The molecule has 0 saturated heterocycles. The van der Waals surface area contributed by atoms with Gasteiger partial charge >= 0.3 is 0 Å². The van der Waals surface area contributed by atoms with Crippen LogP contribution in [0, 0.1) is 6.92 Å². The van der Waals surface area contributed by atoms with Crippen molar-refractivity contribution in [2.75, 3.05) is 6.54 Å². The molecule has 0 fully saturated rings. The van der Waals surface area contributed by atoms with Crippen molar-refractivity contribution in [3.8, 4) is 0 Å². The largest absolute Gasteiger partial charge is 0.356 e. The van der Waals surface area contributed by atoms with Crippen LogP contribution in [-0.2, 0) is 11.2 Å². The highest BCUT2D eigenvalue weighted by molar-refractivity contribution is 7.17. The summed E-state index contributed by atoms with van der Waals surface area (Å²) in [5, 5.41) is 6.35. The van der Waals surface area contributed by atoms with E-state index >= 15 is 0 Å². The predicted octanol–water partition coefficient (Wildman–Crippen LogP) is 2.89. The molecule has 0 saturated carbocycles. The molecule has 2 aromatic rings. The van der Waals surface area contributed by atoms with Gasteiger partial charge in [0.2, 0.25) is 5.91 Å². The van der Waals surface area contributed by atoms with Gasteiger partial charge in [0.15, 0.2) is 0 Å². The Kier molecular flexibility index (Phi) is 3.25. The highest BCUT2D eigenvalue weighted by Crippen LogP contribution is 2.28. The number of rotatable bonds is 3. The molecule has 0 radical (unpaired) electrons. The summed E-state index contributed by atoms with van der Waals surface area (Å²) in [5.74, 6) is 0.0377. The first-order valence-electron chi connectivity index (χ1n) is 5.38. The van der Waals surface area contributed by atoms with E-state index in [2.05, 4.69) is 35.8 Å². The van der Waals surface area contributed by atoms with Gasteiger partial charge in [-0.3, -0.25) is 4.79 Å². The van der Waals surface area contributed by atoms with E-state index in [9.17, 15) is 4.79 Å². The van der Waals surface area contributed by atoms with Crippen molar-refractivity contribution >= 4 is 27.3 Å². The molecule has 0 spiro atoms. The smallest absolute Gasteiger partial charge is 0.216 e. The second kappa shape index (κ2) is 4.66. The monoisotopic (exact) mass is 233 g/mol. The summed E-state index contributed by atoms with van der Waals surface area (Å²) in [6, 6.07) is 6.38. The van der Waals surface area contributed by atoms with Crippen LogP contribution in [-0.4, -0.2) is 12.5 Å². The number of hydrogen-bond donors (Lipinski definition) is 1. The number of carbonyl (C=O) groups excluding carboxylic acids is 1. The molecule has 0 bridgehead atoms. The number of thiophene rings is 1. The number of nitrogens with one attached hydrogen (secondary N) is 1. The number of fused-ring (bicyclic) bond motifs is 1. The van der Waals surface area contributed by atoms with E-state index in [1.165, 1.54) is 21.2 Å². The third-order valence-corrected chi connectivity index (χ3v) is 3.83. The standard InChI is InChI=1S/C13H15NOS/c1-9-4-3-5-12-11(8-16-13(9)12)6-7-14-10(2)15/h3-5,8H,6-7H2,1-2H3,(H,14,15). The highest BCUT2D eigenvalue weighted by atomic mass is 32.1. The molecule has 1 N–H and O–H groups in total. The second-order valence-corrected chi connectivity index (χ2v) is 4.83. The molecule has 2 rings (SSSR count). The van der Waals surface area contributed by atoms with Gasteiger partial charge in [-0.15, -0.1) is 11.3 Å². The molecule has 3 heteroatoms. The molecule has 84 valence electrons. The van der Waals surface area contributed by atoms with Crippen LogP contribution in [0.5, 0.6) is 0 Å². The summed E-state index contributed by atoms with van der Waals surface area (Å²) in [6.07, 6.45) is 0.906. The molecule has 2 nitrogen and oxygen atoms in total. The SMILES string of the molecule is CC(=O)NCCc1csc2c(C)cccc12. The minimum Gasteiger partial charge on any atom is -0.356 e. The molecule has 0 atom stereocenters. The first-order chi connectivity index (χ1) is 7.68. The van der Waals surface area contributed by atoms with E-state index in [-0.39, 0.29) is 5.91 Å². The normalized spacial score (nSPS) is 10.6.